The van der Waals surface area contributed by atoms with Crippen LogP contribution in [0.3, 0.4) is 0 Å². The Balaban J connectivity index is 1.43. The molecule has 7 nitrogen and oxygen atoms in total. The molecule has 0 radical (unpaired) electrons. The number of hydrogen-bond donors (Lipinski definition) is 2. The van der Waals surface area contributed by atoms with Crippen LogP contribution < -0.4 is 15.5 Å². The number of ether oxygens (including phenoxy) is 1. The van der Waals surface area contributed by atoms with E-state index in [1.54, 1.807) is 0 Å². The van der Waals surface area contributed by atoms with Crippen molar-refractivity contribution in [3.8, 4) is 0 Å². The number of rotatable bonds is 8. The lowest BCUT2D eigenvalue weighted by Gasteiger charge is -2.28. The summed E-state index contributed by atoms with van der Waals surface area (Å²) in [7, 11) is 0. The Morgan fingerprint density at radius 3 is 2.70 bits per heavy atom. The molecule has 9 heteroatoms. The van der Waals surface area contributed by atoms with E-state index in [9.17, 15) is 4.79 Å². The third kappa shape index (κ3) is 6.37. The number of benzene rings is 1. The van der Waals surface area contributed by atoms with Gasteiger partial charge in [0, 0.05) is 31.0 Å². The van der Waals surface area contributed by atoms with Gasteiger partial charge in [0.15, 0.2) is 4.34 Å². The fraction of sp³-hybridized carbons (Fsp3) is 0.500. The van der Waals surface area contributed by atoms with Crippen LogP contribution in [-0.2, 0) is 9.53 Å². The van der Waals surface area contributed by atoms with Gasteiger partial charge < -0.3 is 20.3 Å². The summed E-state index contributed by atoms with van der Waals surface area (Å²) in [5.74, 6) is 0.806. The van der Waals surface area contributed by atoms with Crippen molar-refractivity contribution in [2.75, 3.05) is 54.1 Å². The van der Waals surface area contributed by atoms with E-state index in [0.29, 0.717) is 11.7 Å². The lowest BCUT2D eigenvalue weighted by Crippen LogP contribution is -2.36. The number of thioether (sulfide) groups is 1. The Morgan fingerprint density at radius 1 is 1.26 bits per heavy atom. The second-order valence-corrected chi connectivity index (χ2v) is 8.83. The molecule has 2 N–H and O–H groups in total. The first-order chi connectivity index (χ1) is 13.1. The second-order valence-electron chi connectivity index (χ2n) is 6.63. The standard InChI is InChI=1S/C18H25N5O2S2/c1-13(2)11-19-17-21-22-18(27-17)26-12-16(24)20-14-3-5-15(6-4-14)23-7-9-25-10-8-23/h3-6,13H,7-12H2,1-2H3,(H,19,21)(H,20,24). The summed E-state index contributed by atoms with van der Waals surface area (Å²) in [4.78, 5) is 14.5. The molecule has 1 saturated heterocycles. The van der Waals surface area contributed by atoms with E-state index in [-0.39, 0.29) is 5.91 Å². The number of morpholine rings is 1. The number of amides is 1. The summed E-state index contributed by atoms with van der Waals surface area (Å²) >= 11 is 2.87. The monoisotopic (exact) mass is 407 g/mol. The predicted molar refractivity (Wildman–Crippen MR) is 112 cm³/mol. The molecule has 1 amide bonds. The number of aromatic nitrogens is 2. The molecule has 1 aliphatic heterocycles. The molecule has 1 aliphatic rings. The van der Waals surface area contributed by atoms with Crippen molar-refractivity contribution in [2.45, 2.75) is 18.2 Å². The molecule has 3 rings (SSSR count). The maximum Gasteiger partial charge on any atom is 0.234 e. The molecule has 0 bridgehead atoms. The molecule has 2 aromatic rings. The highest BCUT2D eigenvalue weighted by atomic mass is 32.2. The largest absolute Gasteiger partial charge is 0.378 e. The second kappa shape index (κ2) is 9.91. The molecule has 0 aliphatic carbocycles. The fourth-order valence-electron chi connectivity index (χ4n) is 2.53. The normalized spacial score (nSPS) is 14.4. The molecule has 146 valence electrons. The van der Waals surface area contributed by atoms with Crippen molar-refractivity contribution in [1.29, 1.82) is 0 Å². The van der Waals surface area contributed by atoms with Crippen LogP contribution in [0.5, 0.6) is 0 Å². The topological polar surface area (TPSA) is 79.4 Å². The number of carbonyl (C=O) groups excluding carboxylic acids is 1. The third-order valence-electron chi connectivity index (χ3n) is 3.92. The first kappa shape index (κ1) is 19.9. The van der Waals surface area contributed by atoms with Gasteiger partial charge in [-0.2, -0.15) is 0 Å². The molecule has 0 atom stereocenters. The zero-order chi connectivity index (χ0) is 19.1. The van der Waals surface area contributed by atoms with Crippen LogP contribution in [0.15, 0.2) is 28.6 Å². The van der Waals surface area contributed by atoms with E-state index in [1.807, 2.05) is 24.3 Å². The van der Waals surface area contributed by atoms with Crippen LogP contribution in [0.4, 0.5) is 16.5 Å². The Kier molecular flexibility index (Phi) is 7.31. The van der Waals surface area contributed by atoms with Crippen molar-refractivity contribution in [3.63, 3.8) is 0 Å². The van der Waals surface area contributed by atoms with E-state index < -0.39 is 0 Å². The van der Waals surface area contributed by atoms with E-state index in [0.717, 1.165) is 53.7 Å². The average molecular weight is 408 g/mol. The molecule has 1 fully saturated rings. The number of anilines is 3. The molecular weight excluding hydrogens is 382 g/mol. The van der Waals surface area contributed by atoms with Gasteiger partial charge in [-0.1, -0.05) is 36.9 Å². The van der Waals surface area contributed by atoms with Crippen LogP contribution in [0.1, 0.15) is 13.8 Å². The van der Waals surface area contributed by atoms with E-state index >= 15 is 0 Å². The number of nitrogens with one attached hydrogen (secondary N) is 2. The highest BCUT2D eigenvalue weighted by Gasteiger charge is 2.12. The minimum atomic E-state index is -0.0500. The number of hydrogen-bond acceptors (Lipinski definition) is 8. The molecule has 27 heavy (non-hydrogen) atoms. The third-order valence-corrected chi connectivity index (χ3v) is 5.94. The maximum atomic E-state index is 12.2. The van der Waals surface area contributed by atoms with Crippen molar-refractivity contribution < 1.29 is 9.53 Å². The predicted octanol–water partition coefficient (Wildman–Crippen LogP) is 3.17. The van der Waals surface area contributed by atoms with Gasteiger partial charge >= 0.3 is 0 Å². The molecule has 0 unspecified atom stereocenters. The summed E-state index contributed by atoms with van der Waals surface area (Å²) < 4.78 is 6.16. The molecule has 0 saturated carbocycles. The quantitative estimate of drug-likeness (QED) is 0.651. The van der Waals surface area contributed by atoms with Gasteiger partial charge in [-0.15, -0.1) is 10.2 Å². The summed E-state index contributed by atoms with van der Waals surface area (Å²) in [6.07, 6.45) is 0. The van der Waals surface area contributed by atoms with Crippen LogP contribution in [0.25, 0.3) is 0 Å². The van der Waals surface area contributed by atoms with Crippen molar-refractivity contribution in [1.82, 2.24) is 10.2 Å². The minimum absolute atomic E-state index is 0.0500. The Hall–Kier alpha value is -1.84. The van der Waals surface area contributed by atoms with Gasteiger partial charge in [0.25, 0.3) is 0 Å². The van der Waals surface area contributed by atoms with Crippen molar-refractivity contribution >= 4 is 45.5 Å². The van der Waals surface area contributed by atoms with Crippen molar-refractivity contribution in [2.24, 2.45) is 5.92 Å². The Labute approximate surface area is 167 Å². The smallest absolute Gasteiger partial charge is 0.234 e. The Morgan fingerprint density at radius 2 is 2.00 bits per heavy atom. The Bertz CT molecular complexity index is 730. The lowest BCUT2D eigenvalue weighted by atomic mass is 10.2. The SMILES string of the molecule is CC(C)CNc1nnc(SCC(=O)Nc2ccc(N3CCOCC3)cc2)s1. The number of nitrogens with zero attached hydrogens (tertiary/aromatic N) is 3. The van der Waals surface area contributed by atoms with Gasteiger partial charge in [0.2, 0.25) is 11.0 Å². The lowest BCUT2D eigenvalue weighted by molar-refractivity contribution is -0.113. The average Bonchev–Trinajstić information content (AvgIpc) is 3.14. The maximum absolute atomic E-state index is 12.2. The van der Waals surface area contributed by atoms with Gasteiger partial charge in [-0.05, 0) is 30.2 Å². The van der Waals surface area contributed by atoms with Crippen LogP contribution >= 0.6 is 23.1 Å². The summed E-state index contributed by atoms with van der Waals surface area (Å²) in [6.45, 7) is 8.46. The van der Waals surface area contributed by atoms with Gasteiger partial charge in [0.05, 0.1) is 19.0 Å². The highest BCUT2D eigenvalue weighted by Crippen LogP contribution is 2.26. The fourth-order valence-corrected chi connectivity index (χ4v) is 4.09. The zero-order valence-corrected chi connectivity index (χ0v) is 17.2. The van der Waals surface area contributed by atoms with Crippen LogP contribution in [0, 0.1) is 5.92 Å². The highest BCUT2D eigenvalue weighted by molar-refractivity contribution is 8.01. The summed E-state index contributed by atoms with van der Waals surface area (Å²) in [6, 6.07) is 7.94. The summed E-state index contributed by atoms with van der Waals surface area (Å²) in [5, 5.41) is 15.2. The molecular formula is C18H25N5O2S2. The zero-order valence-electron chi connectivity index (χ0n) is 15.6. The first-order valence-corrected chi connectivity index (χ1v) is 10.8. The van der Waals surface area contributed by atoms with Crippen LogP contribution in [0.2, 0.25) is 0 Å². The molecule has 1 aromatic carbocycles. The van der Waals surface area contributed by atoms with E-state index in [1.165, 1.54) is 23.1 Å². The molecule has 2 heterocycles. The van der Waals surface area contributed by atoms with E-state index in [2.05, 4.69) is 39.6 Å². The van der Waals surface area contributed by atoms with Crippen LogP contribution in [-0.4, -0.2) is 54.7 Å². The van der Waals surface area contributed by atoms with Gasteiger partial charge in [-0.3, -0.25) is 4.79 Å². The minimum Gasteiger partial charge on any atom is -0.378 e. The number of carbonyl (C=O) groups is 1. The van der Waals surface area contributed by atoms with E-state index in [4.69, 9.17) is 4.74 Å². The molecule has 0 spiro atoms. The first-order valence-electron chi connectivity index (χ1n) is 9.03. The van der Waals surface area contributed by atoms with Gasteiger partial charge in [0.1, 0.15) is 0 Å². The van der Waals surface area contributed by atoms with Crippen molar-refractivity contribution in [3.05, 3.63) is 24.3 Å². The van der Waals surface area contributed by atoms with Gasteiger partial charge in [-0.25, -0.2) is 0 Å². The molecule has 1 aromatic heterocycles. The summed E-state index contributed by atoms with van der Waals surface area (Å²) in [5.41, 5.74) is 1.95.